The average molecular weight is 300 g/mol. The molecular weight excluding hydrogens is 283 g/mol. The number of hydrogen-bond acceptors (Lipinski definition) is 3. The number of methoxy groups -OCH3 is 1. The Bertz CT molecular complexity index is 709. The molecule has 0 unspecified atom stereocenters. The Hall–Kier alpha value is -2.69. The van der Waals surface area contributed by atoms with Gasteiger partial charge in [-0.2, -0.15) is 5.10 Å². The number of nitrogens with one attached hydrogen (secondary N) is 1. The second-order valence-electron chi connectivity index (χ2n) is 4.85. The molecule has 1 amide bonds. The molecule has 2 rings (SSSR count). The lowest BCUT2D eigenvalue weighted by Crippen LogP contribution is -2.19. The van der Waals surface area contributed by atoms with Gasteiger partial charge in [0.05, 0.1) is 12.8 Å². The van der Waals surface area contributed by atoms with Crippen molar-refractivity contribution in [2.75, 3.05) is 7.11 Å². The van der Waals surface area contributed by atoms with Crippen molar-refractivity contribution in [3.8, 4) is 5.75 Å². The van der Waals surface area contributed by atoms with Crippen molar-refractivity contribution in [2.24, 2.45) is 5.10 Å². The lowest BCUT2D eigenvalue weighted by molar-refractivity contribution is 0.0955. The quantitative estimate of drug-likeness (QED) is 0.696. The molecule has 1 N–H and O–H groups in total. The Morgan fingerprint density at radius 1 is 1.14 bits per heavy atom. The molecule has 114 valence electrons. The Morgan fingerprint density at radius 3 is 2.36 bits per heavy atom. The third-order valence-corrected chi connectivity index (χ3v) is 3.21. The number of amides is 1. The summed E-state index contributed by atoms with van der Waals surface area (Å²) in [7, 11) is 1.40. The maximum atomic E-state index is 13.6. The number of hydrazone groups is 1. The number of carbonyl (C=O) groups excluding carboxylic acids is 1. The summed E-state index contributed by atoms with van der Waals surface area (Å²) in [5.74, 6) is -0.618. The first-order chi connectivity index (χ1) is 10.5. The van der Waals surface area contributed by atoms with Gasteiger partial charge < -0.3 is 4.74 Å². The molecular formula is C17H17FN2O2. The Labute approximate surface area is 128 Å². The summed E-state index contributed by atoms with van der Waals surface area (Å²) in [4.78, 5) is 11.9. The molecule has 0 aliphatic carbocycles. The minimum absolute atomic E-state index is 0.167. The van der Waals surface area contributed by atoms with Gasteiger partial charge in [-0.25, -0.2) is 9.82 Å². The summed E-state index contributed by atoms with van der Waals surface area (Å²) < 4.78 is 18.5. The predicted molar refractivity (Wildman–Crippen MR) is 83.8 cm³/mol. The monoisotopic (exact) mass is 300 g/mol. The van der Waals surface area contributed by atoms with Crippen LogP contribution in [0.4, 0.5) is 4.39 Å². The molecule has 0 spiro atoms. The number of aryl methyl sites for hydroxylation is 1. The van der Waals surface area contributed by atoms with Crippen LogP contribution in [-0.2, 0) is 0 Å². The van der Waals surface area contributed by atoms with Crippen LogP contribution in [0, 0.1) is 12.7 Å². The summed E-state index contributed by atoms with van der Waals surface area (Å²) >= 11 is 0. The summed E-state index contributed by atoms with van der Waals surface area (Å²) in [6.07, 6.45) is 0. The molecule has 22 heavy (non-hydrogen) atoms. The predicted octanol–water partition coefficient (Wildman–Crippen LogP) is 3.30. The van der Waals surface area contributed by atoms with E-state index in [1.54, 1.807) is 25.1 Å². The van der Waals surface area contributed by atoms with Gasteiger partial charge in [0.15, 0.2) is 11.6 Å². The minimum atomic E-state index is -0.473. The molecule has 0 aromatic heterocycles. The summed E-state index contributed by atoms with van der Waals surface area (Å²) in [6, 6.07) is 11.7. The van der Waals surface area contributed by atoms with Gasteiger partial charge in [-0.1, -0.05) is 17.7 Å². The van der Waals surface area contributed by atoms with E-state index >= 15 is 0 Å². The van der Waals surface area contributed by atoms with E-state index in [1.807, 2.05) is 19.1 Å². The molecule has 0 saturated carbocycles. The van der Waals surface area contributed by atoms with Crippen LogP contribution in [0.1, 0.15) is 28.4 Å². The highest BCUT2D eigenvalue weighted by Crippen LogP contribution is 2.18. The number of ether oxygens (including phenoxy) is 1. The van der Waals surface area contributed by atoms with Gasteiger partial charge in [0.1, 0.15) is 0 Å². The molecule has 0 heterocycles. The van der Waals surface area contributed by atoms with E-state index in [1.165, 1.54) is 19.2 Å². The minimum Gasteiger partial charge on any atom is -0.494 e. The molecule has 0 atom stereocenters. The highest BCUT2D eigenvalue weighted by atomic mass is 19.1. The van der Waals surface area contributed by atoms with E-state index in [2.05, 4.69) is 10.5 Å². The van der Waals surface area contributed by atoms with Gasteiger partial charge in [0.2, 0.25) is 0 Å². The summed E-state index contributed by atoms with van der Waals surface area (Å²) in [5, 5.41) is 4.00. The second-order valence-corrected chi connectivity index (χ2v) is 4.85. The van der Waals surface area contributed by atoms with Crippen LogP contribution in [0.3, 0.4) is 0 Å². The van der Waals surface area contributed by atoms with E-state index < -0.39 is 5.82 Å². The molecule has 5 heteroatoms. The second kappa shape index (κ2) is 6.85. The van der Waals surface area contributed by atoms with Crippen molar-refractivity contribution in [1.82, 2.24) is 5.43 Å². The van der Waals surface area contributed by atoms with Gasteiger partial charge in [-0.3, -0.25) is 4.79 Å². The molecule has 2 aromatic rings. The first-order valence-electron chi connectivity index (χ1n) is 6.76. The molecule has 2 aromatic carbocycles. The van der Waals surface area contributed by atoms with Gasteiger partial charge in [0.25, 0.3) is 5.91 Å². The number of benzene rings is 2. The topological polar surface area (TPSA) is 50.7 Å². The lowest BCUT2D eigenvalue weighted by atomic mass is 10.1. The van der Waals surface area contributed by atoms with Gasteiger partial charge in [-0.15, -0.1) is 0 Å². The van der Waals surface area contributed by atoms with E-state index in [9.17, 15) is 9.18 Å². The highest BCUT2D eigenvalue weighted by molar-refractivity contribution is 6.00. The van der Waals surface area contributed by atoms with Crippen LogP contribution in [-0.4, -0.2) is 18.7 Å². The van der Waals surface area contributed by atoms with Crippen LogP contribution in [0.2, 0.25) is 0 Å². The summed E-state index contributed by atoms with van der Waals surface area (Å²) in [6.45, 7) is 3.64. The first kappa shape index (κ1) is 15.7. The van der Waals surface area contributed by atoms with Crippen molar-refractivity contribution in [2.45, 2.75) is 13.8 Å². The fourth-order valence-electron chi connectivity index (χ4n) is 1.86. The third-order valence-electron chi connectivity index (χ3n) is 3.21. The third kappa shape index (κ3) is 3.69. The van der Waals surface area contributed by atoms with Crippen LogP contribution < -0.4 is 10.2 Å². The van der Waals surface area contributed by atoms with Crippen molar-refractivity contribution >= 4 is 11.6 Å². The zero-order valence-electron chi connectivity index (χ0n) is 12.7. The first-order valence-corrected chi connectivity index (χ1v) is 6.76. The molecule has 0 radical (unpaired) electrons. The molecule has 0 saturated heterocycles. The van der Waals surface area contributed by atoms with E-state index in [0.717, 1.165) is 5.56 Å². The van der Waals surface area contributed by atoms with Crippen LogP contribution in [0.25, 0.3) is 0 Å². The SMILES string of the molecule is COc1ccc(/C(C)=N\NC(=O)c2ccc(C)cc2)cc1F. The van der Waals surface area contributed by atoms with Crippen molar-refractivity contribution < 1.29 is 13.9 Å². The number of rotatable bonds is 4. The van der Waals surface area contributed by atoms with Gasteiger partial charge >= 0.3 is 0 Å². The Morgan fingerprint density at radius 2 is 1.77 bits per heavy atom. The van der Waals surface area contributed by atoms with Crippen molar-refractivity contribution in [3.63, 3.8) is 0 Å². The van der Waals surface area contributed by atoms with Crippen LogP contribution in [0.5, 0.6) is 5.75 Å². The highest BCUT2D eigenvalue weighted by Gasteiger charge is 2.07. The Balaban J connectivity index is 2.10. The zero-order chi connectivity index (χ0) is 16.1. The summed E-state index contributed by atoms with van der Waals surface area (Å²) in [5.41, 5.74) is 5.12. The number of hydrogen-bond donors (Lipinski definition) is 1. The number of nitrogens with zero attached hydrogens (tertiary/aromatic N) is 1. The van der Waals surface area contributed by atoms with E-state index in [4.69, 9.17) is 4.74 Å². The van der Waals surface area contributed by atoms with Crippen molar-refractivity contribution in [1.29, 1.82) is 0 Å². The van der Waals surface area contributed by atoms with E-state index in [0.29, 0.717) is 16.8 Å². The zero-order valence-corrected chi connectivity index (χ0v) is 12.7. The fourth-order valence-corrected chi connectivity index (χ4v) is 1.86. The molecule has 0 aliphatic heterocycles. The Kier molecular flexibility index (Phi) is 4.88. The lowest BCUT2D eigenvalue weighted by Gasteiger charge is -2.06. The van der Waals surface area contributed by atoms with E-state index in [-0.39, 0.29) is 11.7 Å². The average Bonchev–Trinajstić information content (AvgIpc) is 2.52. The van der Waals surface area contributed by atoms with Gasteiger partial charge in [-0.05, 0) is 44.2 Å². The van der Waals surface area contributed by atoms with Crippen LogP contribution in [0.15, 0.2) is 47.6 Å². The van der Waals surface area contributed by atoms with Crippen LogP contribution >= 0.6 is 0 Å². The standard InChI is InChI=1S/C17H17FN2O2/c1-11-4-6-13(7-5-11)17(21)20-19-12(2)14-8-9-16(22-3)15(18)10-14/h4-10H,1-3H3,(H,20,21)/b19-12-. The molecule has 0 fully saturated rings. The van der Waals surface area contributed by atoms with Crippen molar-refractivity contribution in [3.05, 3.63) is 65.0 Å². The van der Waals surface area contributed by atoms with Gasteiger partial charge in [0, 0.05) is 11.1 Å². The smallest absolute Gasteiger partial charge is 0.271 e. The molecule has 0 bridgehead atoms. The largest absolute Gasteiger partial charge is 0.494 e. The normalized spacial score (nSPS) is 11.2. The fraction of sp³-hybridized carbons (Fsp3) is 0.176. The molecule has 4 nitrogen and oxygen atoms in total. The maximum Gasteiger partial charge on any atom is 0.271 e. The number of halogens is 1. The number of carbonyl (C=O) groups is 1. The molecule has 0 aliphatic rings. The maximum absolute atomic E-state index is 13.6.